The smallest absolute Gasteiger partial charge is 0.254 e. The number of halogens is 1. The minimum atomic E-state index is -0.868. The van der Waals surface area contributed by atoms with Gasteiger partial charge in [-0.2, -0.15) is 4.98 Å². The predicted molar refractivity (Wildman–Crippen MR) is 105 cm³/mol. The van der Waals surface area contributed by atoms with Crippen molar-refractivity contribution in [2.24, 2.45) is 5.92 Å². The van der Waals surface area contributed by atoms with Crippen molar-refractivity contribution in [3.05, 3.63) is 47.0 Å². The first-order valence-corrected chi connectivity index (χ1v) is 9.56. The molecule has 3 N–H and O–H groups in total. The molecule has 0 aliphatic heterocycles. The van der Waals surface area contributed by atoms with Crippen LogP contribution < -0.4 is 15.4 Å². The molecule has 144 valence electrons. The summed E-state index contributed by atoms with van der Waals surface area (Å²) >= 11 is 6.19. The van der Waals surface area contributed by atoms with Crippen LogP contribution in [0.25, 0.3) is 0 Å². The van der Waals surface area contributed by atoms with E-state index in [2.05, 4.69) is 15.6 Å². The van der Waals surface area contributed by atoms with Crippen molar-refractivity contribution >= 4 is 23.3 Å². The number of benzene rings is 1. The second kappa shape index (κ2) is 9.06. The number of carbonyl (C=O) groups is 1. The van der Waals surface area contributed by atoms with Gasteiger partial charge >= 0.3 is 0 Å². The summed E-state index contributed by atoms with van der Waals surface area (Å²) in [6.45, 7) is 0. The van der Waals surface area contributed by atoms with Gasteiger partial charge in [-0.3, -0.25) is 4.79 Å². The second-order valence-corrected chi connectivity index (χ2v) is 7.08. The highest BCUT2D eigenvalue weighted by Gasteiger charge is 2.24. The van der Waals surface area contributed by atoms with Gasteiger partial charge in [0.05, 0.1) is 10.6 Å². The molecule has 1 atom stereocenters. The molecule has 2 aromatic rings. The van der Waals surface area contributed by atoms with E-state index < -0.39 is 12.1 Å². The maximum atomic E-state index is 12.6. The highest BCUT2D eigenvalue weighted by atomic mass is 35.5. The molecule has 0 radical (unpaired) electrons. The normalized spacial score (nSPS) is 15.8. The Morgan fingerprint density at radius 3 is 2.78 bits per heavy atom. The first-order valence-electron chi connectivity index (χ1n) is 9.18. The van der Waals surface area contributed by atoms with Crippen molar-refractivity contribution in [3.63, 3.8) is 0 Å². The number of carbonyl (C=O) groups excluding carboxylic acids is 1. The number of ether oxygens (including phenoxy) is 1. The first kappa shape index (κ1) is 19.5. The van der Waals surface area contributed by atoms with Gasteiger partial charge in [-0.1, -0.05) is 36.9 Å². The fourth-order valence-corrected chi connectivity index (χ4v) is 3.46. The number of aliphatic hydroxyl groups is 1. The lowest BCUT2D eigenvalue weighted by atomic mass is 9.88. The average molecular weight is 390 g/mol. The van der Waals surface area contributed by atoms with Gasteiger partial charge in [-0.15, -0.1) is 0 Å². The minimum Gasteiger partial charge on any atom is -0.439 e. The molecule has 1 heterocycles. The molecule has 1 aliphatic rings. The summed E-state index contributed by atoms with van der Waals surface area (Å²) in [6, 6.07) is 10.2. The van der Waals surface area contributed by atoms with Crippen LogP contribution in [0.5, 0.6) is 11.6 Å². The van der Waals surface area contributed by atoms with Gasteiger partial charge in [0.15, 0.2) is 0 Å². The lowest BCUT2D eigenvalue weighted by Gasteiger charge is -2.27. The number of hydrogen-bond donors (Lipinski definition) is 3. The summed E-state index contributed by atoms with van der Waals surface area (Å²) in [5.74, 6) is 1.19. The summed E-state index contributed by atoms with van der Waals surface area (Å²) in [7, 11) is 1.77. The molecular weight excluding hydrogens is 366 g/mol. The fourth-order valence-electron chi connectivity index (χ4n) is 3.25. The molecule has 1 unspecified atom stereocenters. The number of rotatable bonds is 6. The maximum absolute atomic E-state index is 12.6. The van der Waals surface area contributed by atoms with E-state index in [-0.39, 0.29) is 11.5 Å². The number of nitrogens with one attached hydrogen (secondary N) is 2. The third-order valence-corrected chi connectivity index (χ3v) is 5.09. The zero-order chi connectivity index (χ0) is 19.2. The number of amides is 1. The Hall–Kier alpha value is -2.31. The van der Waals surface area contributed by atoms with Gasteiger partial charge in [0.1, 0.15) is 17.8 Å². The molecule has 3 rings (SSSR count). The van der Waals surface area contributed by atoms with Crippen molar-refractivity contribution in [2.75, 3.05) is 12.4 Å². The van der Waals surface area contributed by atoms with Gasteiger partial charge in [0, 0.05) is 19.0 Å². The molecule has 1 aromatic heterocycles. The van der Waals surface area contributed by atoms with Gasteiger partial charge in [0.2, 0.25) is 5.88 Å². The fraction of sp³-hybridized carbons (Fsp3) is 0.400. The zero-order valence-electron chi connectivity index (χ0n) is 15.2. The second-order valence-electron chi connectivity index (χ2n) is 6.67. The van der Waals surface area contributed by atoms with E-state index in [9.17, 15) is 9.90 Å². The topological polar surface area (TPSA) is 83.5 Å². The van der Waals surface area contributed by atoms with Crippen LogP contribution in [0.1, 0.15) is 42.5 Å². The van der Waals surface area contributed by atoms with Crippen LogP contribution in [0.2, 0.25) is 5.02 Å². The van der Waals surface area contributed by atoms with Crippen LogP contribution in [-0.4, -0.2) is 29.3 Å². The number of nitrogens with zero attached hydrogens (tertiary/aromatic N) is 1. The summed E-state index contributed by atoms with van der Waals surface area (Å²) in [5, 5.41) is 16.2. The summed E-state index contributed by atoms with van der Waals surface area (Å²) in [6.07, 6.45) is 4.33. The Kier molecular flexibility index (Phi) is 6.53. The van der Waals surface area contributed by atoms with Crippen LogP contribution in [-0.2, 0) is 0 Å². The molecule has 1 aliphatic carbocycles. The summed E-state index contributed by atoms with van der Waals surface area (Å²) < 4.78 is 5.74. The standard InChI is InChI=1S/C20H24ClN3O3/c1-22-17-8-5-9-18(23-17)27-14-10-11-16(21)15(12-14)20(26)24-19(25)13-6-3-2-4-7-13/h5,8-13,19,25H,2-4,6-7H2,1H3,(H,22,23)(H,24,26). The highest BCUT2D eigenvalue weighted by Crippen LogP contribution is 2.28. The van der Waals surface area contributed by atoms with Gasteiger partial charge in [-0.25, -0.2) is 0 Å². The van der Waals surface area contributed by atoms with E-state index in [1.165, 1.54) is 6.42 Å². The summed E-state index contributed by atoms with van der Waals surface area (Å²) in [5.41, 5.74) is 0.258. The molecule has 27 heavy (non-hydrogen) atoms. The SMILES string of the molecule is CNc1cccc(Oc2ccc(Cl)c(C(=O)NC(O)C3CCCCC3)c2)n1. The molecule has 6 nitrogen and oxygen atoms in total. The first-order chi connectivity index (χ1) is 13.1. The third kappa shape index (κ3) is 5.11. The molecule has 7 heteroatoms. The highest BCUT2D eigenvalue weighted by molar-refractivity contribution is 6.33. The van der Waals surface area contributed by atoms with Crippen LogP contribution in [0.4, 0.5) is 5.82 Å². The Morgan fingerprint density at radius 1 is 1.26 bits per heavy atom. The largest absolute Gasteiger partial charge is 0.439 e. The molecule has 1 aromatic carbocycles. The average Bonchev–Trinajstić information content (AvgIpc) is 2.70. The van der Waals surface area contributed by atoms with Crippen molar-refractivity contribution in [3.8, 4) is 11.6 Å². The van der Waals surface area contributed by atoms with Gasteiger partial charge in [0.25, 0.3) is 5.91 Å². The molecular formula is C20H24ClN3O3. The van der Waals surface area contributed by atoms with Crippen molar-refractivity contribution in [2.45, 2.75) is 38.3 Å². The van der Waals surface area contributed by atoms with Crippen molar-refractivity contribution in [1.82, 2.24) is 10.3 Å². The molecule has 1 amide bonds. The van der Waals surface area contributed by atoms with E-state index >= 15 is 0 Å². The quantitative estimate of drug-likeness (QED) is 0.645. The third-order valence-electron chi connectivity index (χ3n) is 4.76. The monoisotopic (exact) mass is 389 g/mol. The Labute approximate surface area is 163 Å². The number of aliphatic hydroxyl groups excluding tert-OH is 1. The van der Waals surface area contributed by atoms with Crippen molar-refractivity contribution in [1.29, 1.82) is 0 Å². The van der Waals surface area contributed by atoms with Crippen LogP contribution in [0.15, 0.2) is 36.4 Å². The zero-order valence-corrected chi connectivity index (χ0v) is 16.0. The molecule has 0 bridgehead atoms. The van der Waals surface area contributed by atoms with E-state index in [1.807, 2.05) is 12.1 Å². The molecule has 0 spiro atoms. The number of aromatic nitrogens is 1. The van der Waals surface area contributed by atoms with E-state index in [0.29, 0.717) is 22.5 Å². The van der Waals surface area contributed by atoms with E-state index in [1.54, 1.807) is 31.3 Å². The van der Waals surface area contributed by atoms with Crippen LogP contribution in [0, 0.1) is 5.92 Å². The van der Waals surface area contributed by atoms with Crippen LogP contribution in [0.3, 0.4) is 0 Å². The van der Waals surface area contributed by atoms with Crippen molar-refractivity contribution < 1.29 is 14.6 Å². The Bertz CT molecular complexity index is 794. The minimum absolute atomic E-state index is 0.0920. The van der Waals surface area contributed by atoms with Crippen LogP contribution >= 0.6 is 11.6 Å². The molecule has 1 saturated carbocycles. The maximum Gasteiger partial charge on any atom is 0.254 e. The summed E-state index contributed by atoms with van der Waals surface area (Å²) in [4.78, 5) is 16.9. The molecule has 0 saturated heterocycles. The Morgan fingerprint density at radius 2 is 2.04 bits per heavy atom. The Balaban J connectivity index is 1.71. The lowest BCUT2D eigenvalue weighted by Crippen LogP contribution is -2.41. The van der Waals surface area contributed by atoms with E-state index in [4.69, 9.17) is 16.3 Å². The lowest BCUT2D eigenvalue weighted by molar-refractivity contribution is 0.0463. The van der Waals surface area contributed by atoms with E-state index in [0.717, 1.165) is 25.7 Å². The number of pyridine rings is 1. The molecule has 1 fully saturated rings. The number of hydrogen-bond acceptors (Lipinski definition) is 5. The number of anilines is 1. The van der Waals surface area contributed by atoms with Gasteiger partial charge < -0.3 is 20.5 Å². The van der Waals surface area contributed by atoms with Gasteiger partial charge in [-0.05, 0) is 37.1 Å². The predicted octanol–water partition coefficient (Wildman–Crippen LogP) is 4.20.